The van der Waals surface area contributed by atoms with Gasteiger partial charge in [-0.2, -0.15) is 5.26 Å². The van der Waals surface area contributed by atoms with Crippen molar-refractivity contribution in [1.82, 2.24) is 10.9 Å². The average Bonchev–Trinajstić information content (AvgIpc) is 2.52. The van der Waals surface area contributed by atoms with Crippen LogP contribution in [0.5, 0.6) is 0 Å². The van der Waals surface area contributed by atoms with E-state index in [1.807, 2.05) is 6.07 Å². The van der Waals surface area contributed by atoms with Crippen molar-refractivity contribution in [2.75, 3.05) is 0 Å². The van der Waals surface area contributed by atoms with Crippen LogP contribution < -0.4 is 10.9 Å². The molecule has 0 heterocycles. The molecule has 0 saturated carbocycles. The van der Waals surface area contributed by atoms with Gasteiger partial charge in [0.2, 0.25) is 0 Å². The third-order valence-corrected chi connectivity index (χ3v) is 3.38. The minimum absolute atomic E-state index is 0.349. The summed E-state index contributed by atoms with van der Waals surface area (Å²) in [6.07, 6.45) is 0. The molecule has 0 fully saturated rings. The summed E-state index contributed by atoms with van der Waals surface area (Å²) >= 11 is 3.26. The number of nitriles is 1. The van der Waals surface area contributed by atoms with Gasteiger partial charge in [0.25, 0.3) is 11.8 Å². The minimum atomic E-state index is -0.458. The smallest absolute Gasteiger partial charge is 0.267 e. The topological polar surface area (TPSA) is 82.0 Å². The van der Waals surface area contributed by atoms with Crippen LogP contribution in [0.15, 0.2) is 53.0 Å². The van der Waals surface area contributed by atoms with E-state index in [1.165, 1.54) is 24.3 Å². The molecule has 0 aliphatic heterocycles. The molecule has 2 aromatic carbocycles. The Labute approximate surface area is 129 Å². The molecule has 0 bridgehead atoms. The van der Waals surface area contributed by atoms with Gasteiger partial charge in [-0.15, -0.1) is 0 Å². The number of carbonyl (C=O) groups is 2. The monoisotopic (exact) mass is 343 g/mol. The van der Waals surface area contributed by atoms with Gasteiger partial charge >= 0.3 is 0 Å². The number of halogens is 1. The first-order valence-electron chi connectivity index (χ1n) is 5.97. The van der Waals surface area contributed by atoms with E-state index in [0.717, 1.165) is 0 Å². The van der Waals surface area contributed by atoms with E-state index < -0.39 is 11.8 Å². The molecule has 5 nitrogen and oxygen atoms in total. The quantitative estimate of drug-likeness (QED) is 0.821. The van der Waals surface area contributed by atoms with Crippen LogP contribution in [0.2, 0.25) is 0 Å². The van der Waals surface area contributed by atoms with Gasteiger partial charge in [0.05, 0.1) is 17.2 Å². The first kappa shape index (κ1) is 14.8. The molecule has 2 amide bonds. The number of hydrogen-bond donors (Lipinski definition) is 2. The Morgan fingerprint density at radius 1 is 0.952 bits per heavy atom. The normalized spacial score (nSPS) is 9.52. The van der Waals surface area contributed by atoms with Crippen molar-refractivity contribution >= 4 is 27.7 Å². The lowest BCUT2D eigenvalue weighted by atomic mass is 10.1. The lowest BCUT2D eigenvalue weighted by Crippen LogP contribution is -2.41. The molecule has 2 aromatic rings. The Hall–Kier alpha value is -2.65. The summed E-state index contributed by atoms with van der Waals surface area (Å²) in [6, 6.07) is 14.9. The number of benzene rings is 2. The summed E-state index contributed by atoms with van der Waals surface area (Å²) in [6.45, 7) is 0. The fraction of sp³-hybridized carbons (Fsp3) is 0. The highest BCUT2D eigenvalue weighted by atomic mass is 79.9. The maximum absolute atomic E-state index is 11.9. The summed E-state index contributed by atoms with van der Waals surface area (Å²) in [7, 11) is 0. The van der Waals surface area contributed by atoms with E-state index in [0.29, 0.717) is 21.2 Å². The molecule has 0 aliphatic carbocycles. The van der Waals surface area contributed by atoms with Crippen LogP contribution in [0.3, 0.4) is 0 Å². The van der Waals surface area contributed by atoms with Crippen molar-refractivity contribution in [2.24, 2.45) is 0 Å². The lowest BCUT2D eigenvalue weighted by molar-refractivity contribution is 0.0846. The van der Waals surface area contributed by atoms with Gasteiger partial charge in [-0.1, -0.05) is 12.1 Å². The van der Waals surface area contributed by atoms with Crippen LogP contribution in [0.25, 0.3) is 0 Å². The predicted molar refractivity (Wildman–Crippen MR) is 80.2 cm³/mol. The van der Waals surface area contributed by atoms with E-state index in [2.05, 4.69) is 26.8 Å². The van der Waals surface area contributed by atoms with Crippen molar-refractivity contribution in [3.05, 3.63) is 69.7 Å². The van der Waals surface area contributed by atoms with Crippen LogP contribution in [0, 0.1) is 11.3 Å². The van der Waals surface area contributed by atoms with E-state index in [9.17, 15) is 9.59 Å². The largest absolute Gasteiger partial charge is 0.270 e. The molecule has 0 unspecified atom stereocenters. The van der Waals surface area contributed by atoms with E-state index in [1.54, 1.807) is 24.3 Å². The molecule has 2 N–H and O–H groups in total. The zero-order valence-electron chi connectivity index (χ0n) is 10.8. The maximum Gasteiger partial charge on any atom is 0.270 e. The second-order valence-corrected chi connectivity index (χ2v) is 4.93. The molecule has 0 aromatic heterocycles. The standard InChI is InChI=1S/C15H10BrN3O2/c16-13-4-2-1-3-12(13)15(21)19-18-14(20)11-7-5-10(9-17)6-8-11/h1-8H,(H,18,20)(H,19,21). The van der Waals surface area contributed by atoms with Crippen LogP contribution >= 0.6 is 15.9 Å². The molecule has 2 rings (SSSR count). The number of nitrogens with one attached hydrogen (secondary N) is 2. The van der Waals surface area contributed by atoms with Gasteiger partial charge in [-0.05, 0) is 52.3 Å². The van der Waals surface area contributed by atoms with Crippen LogP contribution in [-0.4, -0.2) is 11.8 Å². The Bertz CT molecular complexity index is 720. The number of carbonyl (C=O) groups excluding carboxylic acids is 2. The Morgan fingerprint density at radius 3 is 2.19 bits per heavy atom. The number of hydrogen-bond acceptors (Lipinski definition) is 3. The van der Waals surface area contributed by atoms with Crippen molar-refractivity contribution in [1.29, 1.82) is 5.26 Å². The summed E-state index contributed by atoms with van der Waals surface area (Å²) < 4.78 is 0.634. The zero-order chi connectivity index (χ0) is 15.2. The lowest BCUT2D eigenvalue weighted by Gasteiger charge is -2.08. The molecular formula is C15H10BrN3O2. The fourth-order valence-corrected chi connectivity index (χ4v) is 2.06. The van der Waals surface area contributed by atoms with Gasteiger partial charge in [0, 0.05) is 10.0 Å². The third kappa shape index (κ3) is 3.68. The first-order valence-corrected chi connectivity index (χ1v) is 6.76. The Balaban J connectivity index is 1.99. The molecule has 104 valence electrons. The molecule has 0 radical (unpaired) electrons. The minimum Gasteiger partial charge on any atom is -0.267 e. The first-order chi connectivity index (χ1) is 10.1. The van der Waals surface area contributed by atoms with E-state index >= 15 is 0 Å². The highest BCUT2D eigenvalue weighted by Crippen LogP contribution is 2.15. The molecule has 0 spiro atoms. The maximum atomic E-state index is 11.9. The van der Waals surface area contributed by atoms with Gasteiger partial charge in [0.15, 0.2) is 0 Å². The van der Waals surface area contributed by atoms with Crippen molar-refractivity contribution in [3.63, 3.8) is 0 Å². The van der Waals surface area contributed by atoms with E-state index in [4.69, 9.17) is 5.26 Å². The zero-order valence-corrected chi connectivity index (χ0v) is 12.3. The predicted octanol–water partition coefficient (Wildman–Crippen LogP) is 2.40. The van der Waals surface area contributed by atoms with Gasteiger partial charge in [-0.3, -0.25) is 20.4 Å². The third-order valence-electron chi connectivity index (χ3n) is 2.68. The summed E-state index contributed by atoms with van der Waals surface area (Å²) in [5, 5.41) is 8.68. The highest BCUT2D eigenvalue weighted by Gasteiger charge is 2.11. The SMILES string of the molecule is N#Cc1ccc(C(=O)NNC(=O)c2ccccc2Br)cc1. The fourth-order valence-electron chi connectivity index (χ4n) is 1.59. The van der Waals surface area contributed by atoms with Crippen LogP contribution in [0.1, 0.15) is 26.3 Å². The molecule has 21 heavy (non-hydrogen) atoms. The second-order valence-electron chi connectivity index (χ2n) is 4.08. The second kappa shape index (κ2) is 6.68. The summed E-state index contributed by atoms with van der Waals surface area (Å²) in [5.74, 6) is -0.885. The van der Waals surface area contributed by atoms with Gasteiger partial charge < -0.3 is 0 Å². The highest BCUT2D eigenvalue weighted by molar-refractivity contribution is 9.10. The molecule has 0 saturated heterocycles. The van der Waals surface area contributed by atoms with Crippen LogP contribution in [-0.2, 0) is 0 Å². The molecular weight excluding hydrogens is 334 g/mol. The molecule has 0 atom stereocenters. The number of hydrazine groups is 1. The molecule has 6 heteroatoms. The van der Waals surface area contributed by atoms with E-state index in [-0.39, 0.29) is 0 Å². The van der Waals surface area contributed by atoms with Gasteiger partial charge in [-0.25, -0.2) is 0 Å². The van der Waals surface area contributed by atoms with Crippen molar-refractivity contribution in [2.45, 2.75) is 0 Å². The van der Waals surface area contributed by atoms with Crippen molar-refractivity contribution in [3.8, 4) is 6.07 Å². The summed E-state index contributed by atoms with van der Waals surface area (Å²) in [4.78, 5) is 23.7. The Kier molecular flexibility index (Phi) is 4.69. The average molecular weight is 344 g/mol. The van der Waals surface area contributed by atoms with Crippen LogP contribution in [0.4, 0.5) is 0 Å². The number of nitrogens with zero attached hydrogens (tertiary/aromatic N) is 1. The van der Waals surface area contributed by atoms with Crippen molar-refractivity contribution < 1.29 is 9.59 Å². The summed E-state index contributed by atoms with van der Waals surface area (Å²) in [5.41, 5.74) is 5.88. The Morgan fingerprint density at radius 2 is 1.57 bits per heavy atom. The number of rotatable bonds is 2. The number of amides is 2. The molecule has 0 aliphatic rings. The van der Waals surface area contributed by atoms with Gasteiger partial charge in [0.1, 0.15) is 0 Å².